The number of hydrogen-bond donors (Lipinski definition) is 0. The number of oxime groups is 1. The number of nitriles is 1. The van der Waals surface area contributed by atoms with Crippen molar-refractivity contribution in [2.75, 3.05) is 0 Å². The van der Waals surface area contributed by atoms with Crippen molar-refractivity contribution in [3.05, 3.63) is 70.8 Å². The maximum Gasteiger partial charge on any atom is 0.142 e. The Labute approximate surface area is 119 Å². The van der Waals surface area contributed by atoms with Gasteiger partial charge in [-0.1, -0.05) is 48.5 Å². The van der Waals surface area contributed by atoms with E-state index < -0.39 is 0 Å². The fraction of sp³-hybridized carbons (Fsp3) is 0.176. The number of nitrogens with zero attached hydrogens (tertiary/aromatic N) is 2. The highest BCUT2D eigenvalue weighted by atomic mass is 16.6. The molecular formula is C17H16N2O. The van der Waals surface area contributed by atoms with Crippen molar-refractivity contribution in [2.45, 2.75) is 20.0 Å². The van der Waals surface area contributed by atoms with Crippen LogP contribution in [0.1, 0.15) is 29.2 Å². The highest BCUT2D eigenvalue weighted by Gasteiger charge is 1.95. The van der Waals surface area contributed by atoms with Crippen LogP contribution in [0, 0.1) is 11.3 Å². The molecule has 2 rings (SSSR count). The lowest BCUT2D eigenvalue weighted by Gasteiger charge is -2.01. The van der Waals surface area contributed by atoms with Gasteiger partial charge in [-0.25, -0.2) is 0 Å². The largest absolute Gasteiger partial charge is 0.391 e. The molecule has 0 unspecified atom stereocenters. The van der Waals surface area contributed by atoms with Crippen molar-refractivity contribution in [1.29, 1.82) is 5.26 Å². The SMILES string of the molecule is CCc1cccc(C=NOCc2cccc(C#N)c2)c1. The molecule has 0 aliphatic carbocycles. The number of benzene rings is 2. The maximum absolute atomic E-state index is 8.81. The minimum atomic E-state index is 0.361. The summed E-state index contributed by atoms with van der Waals surface area (Å²) in [6, 6.07) is 17.6. The molecule has 20 heavy (non-hydrogen) atoms. The molecule has 3 nitrogen and oxygen atoms in total. The third kappa shape index (κ3) is 3.96. The monoisotopic (exact) mass is 264 g/mol. The van der Waals surface area contributed by atoms with Crippen LogP contribution in [-0.4, -0.2) is 6.21 Å². The van der Waals surface area contributed by atoms with Gasteiger partial charge in [0.2, 0.25) is 0 Å². The molecule has 0 saturated carbocycles. The molecule has 0 heterocycles. The van der Waals surface area contributed by atoms with E-state index in [4.69, 9.17) is 10.1 Å². The van der Waals surface area contributed by atoms with E-state index in [9.17, 15) is 0 Å². The van der Waals surface area contributed by atoms with Crippen LogP contribution < -0.4 is 0 Å². The molecule has 0 aliphatic heterocycles. The third-order valence-corrected chi connectivity index (χ3v) is 2.92. The van der Waals surface area contributed by atoms with Crippen LogP contribution in [0.3, 0.4) is 0 Å². The van der Waals surface area contributed by atoms with Crippen LogP contribution in [0.15, 0.2) is 53.7 Å². The fourth-order valence-corrected chi connectivity index (χ4v) is 1.83. The van der Waals surface area contributed by atoms with E-state index in [0.29, 0.717) is 12.2 Å². The van der Waals surface area contributed by atoms with Gasteiger partial charge in [0.05, 0.1) is 17.8 Å². The smallest absolute Gasteiger partial charge is 0.142 e. The Morgan fingerprint density at radius 3 is 2.75 bits per heavy atom. The summed E-state index contributed by atoms with van der Waals surface area (Å²) in [5, 5.41) is 12.8. The molecule has 0 amide bonds. The first-order valence-corrected chi connectivity index (χ1v) is 6.55. The van der Waals surface area contributed by atoms with Gasteiger partial charge in [0.25, 0.3) is 0 Å². The Hall–Kier alpha value is -2.60. The molecule has 0 saturated heterocycles. The summed E-state index contributed by atoms with van der Waals surface area (Å²) in [5.41, 5.74) is 3.86. The Morgan fingerprint density at radius 2 is 1.95 bits per heavy atom. The Balaban J connectivity index is 1.91. The van der Waals surface area contributed by atoms with Crippen molar-refractivity contribution < 1.29 is 4.84 Å². The lowest BCUT2D eigenvalue weighted by atomic mass is 10.1. The number of hydrogen-bond acceptors (Lipinski definition) is 3. The molecule has 0 aromatic heterocycles. The normalized spacial score (nSPS) is 10.4. The molecular weight excluding hydrogens is 248 g/mol. The van der Waals surface area contributed by atoms with E-state index in [-0.39, 0.29) is 0 Å². The number of aryl methyl sites for hydroxylation is 1. The van der Waals surface area contributed by atoms with Crippen LogP contribution in [-0.2, 0) is 17.9 Å². The summed E-state index contributed by atoms with van der Waals surface area (Å²) >= 11 is 0. The van der Waals surface area contributed by atoms with E-state index in [1.165, 1.54) is 5.56 Å². The van der Waals surface area contributed by atoms with Gasteiger partial charge in [-0.3, -0.25) is 0 Å². The molecule has 0 spiro atoms. The maximum atomic E-state index is 8.81. The third-order valence-electron chi connectivity index (χ3n) is 2.92. The van der Waals surface area contributed by atoms with Crippen molar-refractivity contribution in [3.8, 4) is 6.07 Å². The van der Waals surface area contributed by atoms with Crippen molar-refractivity contribution in [3.63, 3.8) is 0 Å². The van der Waals surface area contributed by atoms with Gasteiger partial charge in [0.1, 0.15) is 6.61 Å². The summed E-state index contributed by atoms with van der Waals surface area (Å²) in [7, 11) is 0. The van der Waals surface area contributed by atoms with E-state index in [1.807, 2.05) is 24.3 Å². The van der Waals surface area contributed by atoms with E-state index >= 15 is 0 Å². The molecule has 0 aliphatic rings. The van der Waals surface area contributed by atoms with Crippen LogP contribution in [0.5, 0.6) is 0 Å². The summed E-state index contributed by atoms with van der Waals surface area (Å²) < 4.78 is 0. The Bertz CT molecular complexity index is 641. The second-order valence-electron chi connectivity index (χ2n) is 4.42. The van der Waals surface area contributed by atoms with Crippen LogP contribution in [0.2, 0.25) is 0 Å². The molecule has 2 aromatic rings. The predicted octanol–water partition coefficient (Wildman–Crippen LogP) is 3.67. The van der Waals surface area contributed by atoms with Crippen LogP contribution in [0.25, 0.3) is 0 Å². The first-order chi connectivity index (χ1) is 9.81. The second-order valence-corrected chi connectivity index (χ2v) is 4.42. The van der Waals surface area contributed by atoms with Gasteiger partial charge in [-0.15, -0.1) is 0 Å². The second kappa shape index (κ2) is 7.10. The minimum absolute atomic E-state index is 0.361. The fourth-order valence-electron chi connectivity index (χ4n) is 1.83. The summed E-state index contributed by atoms with van der Waals surface area (Å²) in [6.45, 7) is 2.48. The zero-order chi connectivity index (χ0) is 14.2. The van der Waals surface area contributed by atoms with E-state index in [1.54, 1.807) is 18.3 Å². The quantitative estimate of drug-likeness (QED) is 0.611. The summed E-state index contributed by atoms with van der Waals surface area (Å²) in [5.74, 6) is 0. The first-order valence-electron chi connectivity index (χ1n) is 6.55. The molecule has 0 fully saturated rings. The minimum Gasteiger partial charge on any atom is -0.391 e. The molecule has 0 bridgehead atoms. The average Bonchev–Trinajstić information content (AvgIpc) is 2.52. The topological polar surface area (TPSA) is 45.4 Å². The lowest BCUT2D eigenvalue weighted by molar-refractivity contribution is 0.132. The molecule has 0 radical (unpaired) electrons. The number of rotatable bonds is 5. The lowest BCUT2D eigenvalue weighted by Crippen LogP contribution is -1.90. The molecule has 100 valence electrons. The van der Waals surface area contributed by atoms with Gasteiger partial charge in [0.15, 0.2) is 0 Å². The van der Waals surface area contributed by atoms with Crippen molar-refractivity contribution in [2.24, 2.45) is 5.16 Å². The summed E-state index contributed by atoms with van der Waals surface area (Å²) in [6.07, 6.45) is 2.71. The van der Waals surface area contributed by atoms with Crippen LogP contribution in [0.4, 0.5) is 0 Å². The Kier molecular flexibility index (Phi) is 4.91. The standard InChI is InChI=1S/C17H16N2O/c1-2-14-5-3-7-16(9-14)12-19-20-13-17-8-4-6-15(10-17)11-18/h3-10,12H,2,13H2,1H3. The predicted molar refractivity (Wildman–Crippen MR) is 79.4 cm³/mol. The van der Waals surface area contributed by atoms with E-state index in [2.05, 4.69) is 30.3 Å². The highest BCUT2D eigenvalue weighted by molar-refractivity contribution is 5.79. The van der Waals surface area contributed by atoms with E-state index in [0.717, 1.165) is 17.5 Å². The van der Waals surface area contributed by atoms with Gasteiger partial charge in [-0.2, -0.15) is 5.26 Å². The van der Waals surface area contributed by atoms with Crippen molar-refractivity contribution in [1.82, 2.24) is 0 Å². The molecule has 2 aromatic carbocycles. The van der Waals surface area contributed by atoms with Gasteiger partial charge < -0.3 is 4.84 Å². The van der Waals surface area contributed by atoms with Gasteiger partial charge in [-0.05, 0) is 35.2 Å². The zero-order valence-corrected chi connectivity index (χ0v) is 11.4. The van der Waals surface area contributed by atoms with Crippen molar-refractivity contribution >= 4 is 6.21 Å². The summed E-state index contributed by atoms with van der Waals surface area (Å²) in [4.78, 5) is 5.26. The Morgan fingerprint density at radius 1 is 1.15 bits per heavy atom. The van der Waals surface area contributed by atoms with Gasteiger partial charge >= 0.3 is 0 Å². The highest BCUT2D eigenvalue weighted by Crippen LogP contribution is 2.06. The molecule has 0 atom stereocenters. The molecule has 3 heteroatoms. The zero-order valence-electron chi connectivity index (χ0n) is 11.4. The average molecular weight is 264 g/mol. The van der Waals surface area contributed by atoms with Crippen LogP contribution >= 0.6 is 0 Å². The first kappa shape index (κ1) is 13.8. The van der Waals surface area contributed by atoms with Gasteiger partial charge in [0, 0.05) is 0 Å². The molecule has 0 N–H and O–H groups in total.